The molecule has 0 spiro atoms. The lowest BCUT2D eigenvalue weighted by molar-refractivity contribution is 0.443. The Kier molecular flexibility index (Phi) is 8.56. The quantitative estimate of drug-likeness (QED) is 0.152. The van der Waals surface area contributed by atoms with Gasteiger partial charge in [-0.2, -0.15) is 0 Å². The van der Waals surface area contributed by atoms with Gasteiger partial charge in [0.1, 0.15) is 0 Å². The van der Waals surface area contributed by atoms with E-state index in [2.05, 4.69) is 108 Å². The van der Waals surface area contributed by atoms with Gasteiger partial charge in [-0.15, -0.1) is 0 Å². The molecule has 1 saturated carbocycles. The van der Waals surface area contributed by atoms with Crippen molar-refractivity contribution in [3.8, 4) is 55.9 Å². The van der Waals surface area contributed by atoms with Gasteiger partial charge in [-0.3, -0.25) is 9.97 Å². The molecule has 0 amide bonds. The third-order valence-corrected chi connectivity index (χ3v) is 10.4. The van der Waals surface area contributed by atoms with E-state index in [-0.39, 0.29) is 5.56 Å². The van der Waals surface area contributed by atoms with Gasteiger partial charge >= 0.3 is 0 Å². The van der Waals surface area contributed by atoms with Crippen molar-refractivity contribution in [3.63, 3.8) is 0 Å². The SMILES string of the molecule is [2H]C([2H])([2H])c1cnc(-c2ccc(-c3ccccc3-c3cc(C)cc(CCc4ccc(-c5ccccn5)cc4)c3)cc2)cc1-c1ccc(C2([2H])CCCCC2)cc1. The first-order valence-corrected chi connectivity index (χ1v) is 18.6. The van der Waals surface area contributed by atoms with Crippen molar-refractivity contribution in [2.75, 3.05) is 0 Å². The van der Waals surface area contributed by atoms with Crippen molar-refractivity contribution in [2.45, 2.75) is 64.6 Å². The number of benzene rings is 5. The van der Waals surface area contributed by atoms with E-state index in [0.29, 0.717) is 5.56 Å². The maximum Gasteiger partial charge on any atom is 0.0708 e. The highest BCUT2D eigenvalue weighted by Gasteiger charge is 2.16. The van der Waals surface area contributed by atoms with Crippen LogP contribution in [0.5, 0.6) is 0 Å². The van der Waals surface area contributed by atoms with Gasteiger partial charge in [-0.25, -0.2) is 0 Å². The largest absolute Gasteiger partial charge is 0.256 e. The highest BCUT2D eigenvalue weighted by Crippen LogP contribution is 2.37. The zero-order valence-electron chi connectivity index (χ0n) is 33.8. The topological polar surface area (TPSA) is 25.8 Å². The molecule has 0 saturated heterocycles. The third-order valence-electron chi connectivity index (χ3n) is 10.4. The maximum atomic E-state index is 9.06. The van der Waals surface area contributed by atoms with E-state index in [0.717, 1.165) is 83.3 Å². The van der Waals surface area contributed by atoms with Crippen LogP contribution in [0.1, 0.15) is 71.3 Å². The minimum Gasteiger partial charge on any atom is -0.256 e. The molecule has 0 radical (unpaired) electrons. The minimum absolute atomic E-state index is 0.230. The van der Waals surface area contributed by atoms with Crippen LogP contribution in [-0.2, 0) is 12.8 Å². The number of aryl methyl sites for hydroxylation is 4. The van der Waals surface area contributed by atoms with E-state index in [9.17, 15) is 0 Å². The maximum absolute atomic E-state index is 9.06. The molecule has 8 rings (SSSR count). The summed E-state index contributed by atoms with van der Waals surface area (Å²) in [5.41, 5.74) is 14.9. The number of rotatable bonds is 9. The van der Waals surface area contributed by atoms with Crippen LogP contribution in [0.4, 0.5) is 0 Å². The van der Waals surface area contributed by atoms with E-state index in [4.69, 9.17) is 5.48 Å². The highest BCUT2D eigenvalue weighted by molar-refractivity contribution is 5.85. The van der Waals surface area contributed by atoms with Crippen LogP contribution in [0.25, 0.3) is 55.9 Å². The average molecular weight is 679 g/mol. The second-order valence-corrected chi connectivity index (χ2v) is 14.1. The fourth-order valence-electron chi connectivity index (χ4n) is 7.64. The Hall–Kier alpha value is -5.60. The first-order valence-electron chi connectivity index (χ1n) is 20.6. The Labute approximate surface area is 314 Å². The first-order chi connectivity index (χ1) is 27.1. The summed E-state index contributed by atoms with van der Waals surface area (Å²) < 4.78 is 33.9. The molecule has 2 heterocycles. The number of hydrogen-bond donors (Lipinski definition) is 0. The summed E-state index contributed by atoms with van der Waals surface area (Å²) in [6.07, 6.45) is 10.3. The standard InChI is InChI=1S/C50H46N2/c1-35-30-38(16-15-37-17-19-43(20-18-37)49-14-8-9-29-51-49)32-45(31-35)47-13-7-6-12-46(47)41-25-27-44(28-26-41)50-33-48(36(2)34-52-50)42-23-21-40(22-24-42)39-10-4-3-5-11-39/h6-9,12-14,17-34,39H,3-5,10-11,15-16H2,1-2H3/i2D3,39D. The molecule has 0 bridgehead atoms. The molecule has 0 aliphatic heterocycles. The second kappa shape index (κ2) is 15.3. The summed E-state index contributed by atoms with van der Waals surface area (Å²) in [4.78, 5) is 9.14. The number of pyridine rings is 2. The molecule has 256 valence electrons. The van der Waals surface area contributed by atoms with Crippen molar-refractivity contribution in [2.24, 2.45) is 0 Å². The average Bonchev–Trinajstić information content (AvgIpc) is 3.23. The van der Waals surface area contributed by atoms with E-state index >= 15 is 0 Å². The van der Waals surface area contributed by atoms with Gasteiger partial charge in [0.2, 0.25) is 0 Å². The van der Waals surface area contributed by atoms with Crippen LogP contribution in [0.2, 0.25) is 0 Å². The first kappa shape index (κ1) is 29.0. The molecule has 2 aromatic heterocycles. The fourth-order valence-corrected chi connectivity index (χ4v) is 7.64. The Balaban J connectivity index is 1.03. The summed E-state index contributed by atoms with van der Waals surface area (Å²) in [5, 5.41) is 0. The molecule has 2 nitrogen and oxygen atoms in total. The van der Waals surface area contributed by atoms with Gasteiger partial charge < -0.3 is 0 Å². The van der Waals surface area contributed by atoms with E-state index in [1.54, 1.807) is 0 Å². The molecular formula is C50H46N2. The molecule has 1 aliphatic rings. The molecule has 1 fully saturated rings. The minimum atomic E-state index is -2.31. The van der Waals surface area contributed by atoms with Gasteiger partial charge in [0.25, 0.3) is 0 Å². The zero-order valence-corrected chi connectivity index (χ0v) is 29.8. The molecule has 7 aromatic rings. The molecule has 0 atom stereocenters. The Morgan fingerprint density at radius 3 is 1.92 bits per heavy atom. The van der Waals surface area contributed by atoms with E-state index in [1.807, 2.05) is 54.7 Å². The fraction of sp³-hybridized carbons (Fsp3) is 0.200. The lowest BCUT2D eigenvalue weighted by Gasteiger charge is -2.22. The third kappa shape index (κ3) is 7.53. The summed E-state index contributed by atoms with van der Waals surface area (Å²) in [6.45, 7) is -0.142. The van der Waals surface area contributed by atoms with Gasteiger partial charge in [0, 0.05) is 29.0 Å². The van der Waals surface area contributed by atoms with Crippen molar-refractivity contribution in [3.05, 3.63) is 180 Å². The van der Waals surface area contributed by atoms with Crippen LogP contribution in [0, 0.1) is 13.8 Å². The molecule has 0 unspecified atom stereocenters. The second-order valence-electron chi connectivity index (χ2n) is 14.1. The summed E-state index contributed by atoms with van der Waals surface area (Å²) in [5.74, 6) is -0.565. The lowest BCUT2D eigenvalue weighted by Crippen LogP contribution is -2.04. The summed E-state index contributed by atoms with van der Waals surface area (Å²) in [7, 11) is 0. The summed E-state index contributed by atoms with van der Waals surface area (Å²) in [6, 6.07) is 48.5. The highest BCUT2D eigenvalue weighted by atomic mass is 14.7. The zero-order chi connectivity index (χ0) is 38.7. The molecule has 5 aromatic carbocycles. The van der Waals surface area contributed by atoms with E-state index in [1.165, 1.54) is 40.4 Å². The van der Waals surface area contributed by atoms with Crippen molar-refractivity contribution >= 4 is 0 Å². The number of hydrogen-bond acceptors (Lipinski definition) is 2. The van der Waals surface area contributed by atoms with Gasteiger partial charge in [-0.05, 0) is 119 Å². The van der Waals surface area contributed by atoms with Gasteiger partial charge in [0.15, 0.2) is 0 Å². The Morgan fingerprint density at radius 1 is 0.558 bits per heavy atom. The Morgan fingerprint density at radius 2 is 1.19 bits per heavy atom. The van der Waals surface area contributed by atoms with Crippen LogP contribution < -0.4 is 0 Å². The van der Waals surface area contributed by atoms with Crippen molar-refractivity contribution < 1.29 is 5.48 Å². The lowest BCUT2D eigenvalue weighted by atomic mass is 9.83. The van der Waals surface area contributed by atoms with Crippen LogP contribution in [0.15, 0.2) is 152 Å². The molecule has 52 heavy (non-hydrogen) atoms. The van der Waals surface area contributed by atoms with Gasteiger partial charge in [-0.1, -0.05) is 146 Å². The van der Waals surface area contributed by atoms with Crippen molar-refractivity contribution in [1.82, 2.24) is 9.97 Å². The van der Waals surface area contributed by atoms with E-state index < -0.39 is 12.7 Å². The number of aromatic nitrogens is 2. The molecular weight excluding hydrogens is 629 g/mol. The smallest absolute Gasteiger partial charge is 0.0708 e. The van der Waals surface area contributed by atoms with Crippen LogP contribution >= 0.6 is 0 Å². The number of nitrogens with zero attached hydrogens (tertiary/aromatic N) is 2. The predicted molar refractivity (Wildman–Crippen MR) is 218 cm³/mol. The monoisotopic (exact) mass is 678 g/mol. The van der Waals surface area contributed by atoms with Crippen LogP contribution in [-0.4, -0.2) is 9.97 Å². The predicted octanol–water partition coefficient (Wildman–Crippen LogP) is 13.3. The van der Waals surface area contributed by atoms with Gasteiger partial charge in [0.05, 0.1) is 11.4 Å². The normalized spacial score (nSPS) is 15.2. The molecule has 0 N–H and O–H groups in total. The Bertz CT molecular complexity index is 2430. The van der Waals surface area contributed by atoms with Crippen molar-refractivity contribution in [1.29, 1.82) is 0 Å². The molecule has 2 heteroatoms. The van der Waals surface area contributed by atoms with Crippen LogP contribution in [0.3, 0.4) is 0 Å². The summed E-state index contributed by atoms with van der Waals surface area (Å²) >= 11 is 0. The molecule has 1 aliphatic carbocycles.